The van der Waals surface area contributed by atoms with Crippen LogP contribution >= 0.6 is 0 Å². The highest BCUT2D eigenvalue weighted by molar-refractivity contribution is 5.76. The number of likely N-dealkylation sites (tertiary alicyclic amines) is 1. The van der Waals surface area contributed by atoms with Gasteiger partial charge >= 0.3 is 0 Å². The van der Waals surface area contributed by atoms with Gasteiger partial charge in [0.1, 0.15) is 5.66 Å². The Morgan fingerprint density at radius 3 is 2.50 bits per heavy atom. The molecule has 1 fully saturated rings. The molecule has 0 aliphatic carbocycles. The molecule has 2 aromatic carbocycles. The summed E-state index contributed by atoms with van der Waals surface area (Å²) in [5.74, 6) is 0.653. The van der Waals surface area contributed by atoms with Gasteiger partial charge in [-0.3, -0.25) is 4.79 Å². The maximum Gasteiger partial charge on any atom is 0.300 e. The van der Waals surface area contributed by atoms with Crippen LogP contribution in [0.3, 0.4) is 0 Å². The van der Waals surface area contributed by atoms with Crippen molar-refractivity contribution in [2.75, 3.05) is 25.5 Å². The number of nitrogens with zero attached hydrogens (tertiary/aromatic N) is 4. The first kappa shape index (κ1) is 17.1. The number of para-hydroxylation sites is 1. The number of hydrogen-bond donors (Lipinski definition) is 1. The largest absolute Gasteiger partial charge is 0.360 e. The van der Waals surface area contributed by atoms with Gasteiger partial charge in [0.2, 0.25) is 0 Å². The Bertz CT molecular complexity index is 1090. The second-order valence-electron chi connectivity index (χ2n) is 7.87. The first-order valence-corrected chi connectivity index (χ1v) is 9.71. The molecule has 0 saturated carbocycles. The van der Waals surface area contributed by atoms with E-state index in [0.29, 0.717) is 11.5 Å². The number of piperidine rings is 1. The summed E-state index contributed by atoms with van der Waals surface area (Å²) in [5, 5.41) is 8.60. The molecule has 5 rings (SSSR count). The van der Waals surface area contributed by atoms with Gasteiger partial charge in [-0.25, -0.2) is 4.68 Å². The molecule has 0 unspecified atom stereocenters. The first-order chi connectivity index (χ1) is 13.6. The van der Waals surface area contributed by atoms with Gasteiger partial charge in [-0.15, -0.1) is 0 Å². The van der Waals surface area contributed by atoms with Gasteiger partial charge in [-0.2, -0.15) is 10.1 Å². The molecule has 6 nitrogen and oxygen atoms in total. The lowest BCUT2D eigenvalue weighted by Gasteiger charge is -2.46. The third-order valence-electron chi connectivity index (χ3n) is 5.89. The number of aromatic nitrogens is 3. The molecule has 2 aliphatic heterocycles. The highest BCUT2D eigenvalue weighted by Crippen LogP contribution is 2.41. The zero-order chi connectivity index (χ0) is 19.3. The Labute approximate surface area is 163 Å². The fraction of sp³-hybridized carbons (Fsp3) is 0.318. The van der Waals surface area contributed by atoms with Gasteiger partial charge in [0.05, 0.1) is 0 Å². The summed E-state index contributed by atoms with van der Waals surface area (Å²) in [6, 6.07) is 15.9. The smallest absolute Gasteiger partial charge is 0.300 e. The Hall–Kier alpha value is -2.99. The summed E-state index contributed by atoms with van der Waals surface area (Å²) in [6.45, 7) is 3.95. The van der Waals surface area contributed by atoms with Gasteiger partial charge in [0.15, 0.2) is 11.5 Å². The van der Waals surface area contributed by atoms with E-state index >= 15 is 0 Å². The minimum Gasteiger partial charge on any atom is -0.360 e. The molecule has 28 heavy (non-hydrogen) atoms. The summed E-state index contributed by atoms with van der Waals surface area (Å²) in [4.78, 5) is 19.7. The van der Waals surface area contributed by atoms with Crippen molar-refractivity contribution in [1.29, 1.82) is 0 Å². The molecule has 0 bridgehead atoms. The van der Waals surface area contributed by atoms with Crippen molar-refractivity contribution in [3.8, 4) is 22.6 Å². The van der Waals surface area contributed by atoms with Gasteiger partial charge in [0, 0.05) is 42.7 Å². The standard InChI is InChI=1S/C22H23N5O/c1-15-7-9-16(10-8-15)19-21(28)23-20-17-5-3-4-6-18(17)24-22(27(20)25-19)11-13-26(2)14-12-22/h3-10,24H,11-14H2,1-2H3. The van der Waals surface area contributed by atoms with Crippen molar-refractivity contribution < 1.29 is 0 Å². The van der Waals surface area contributed by atoms with Crippen LogP contribution < -0.4 is 10.9 Å². The fourth-order valence-corrected chi connectivity index (χ4v) is 4.17. The molecule has 0 radical (unpaired) electrons. The van der Waals surface area contributed by atoms with Crippen molar-refractivity contribution in [3.05, 3.63) is 64.4 Å². The maximum atomic E-state index is 12.9. The third kappa shape index (κ3) is 2.64. The van der Waals surface area contributed by atoms with E-state index in [4.69, 9.17) is 5.10 Å². The van der Waals surface area contributed by atoms with Crippen molar-refractivity contribution in [2.45, 2.75) is 25.4 Å². The molecular formula is C22H23N5O. The first-order valence-electron chi connectivity index (χ1n) is 9.71. The molecule has 1 spiro atoms. The van der Waals surface area contributed by atoms with E-state index in [-0.39, 0.29) is 11.2 Å². The summed E-state index contributed by atoms with van der Waals surface area (Å²) in [6.07, 6.45) is 1.80. The van der Waals surface area contributed by atoms with Crippen molar-refractivity contribution in [1.82, 2.24) is 19.7 Å². The van der Waals surface area contributed by atoms with E-state index < -0.39 is 0 Å². The molecule has 0 amide bonds. The van der Waals surface area contributed by atoms with Crippen LogP contribution in [0.2, 0.25) is 0 Å². The van der Waals surface area contributed by atoms with Crippen LogP contribution in [0.1, 0.15) is 18.4 Å². The Morgan fingerprint density at radius 1 is 1.04 bits per heavy atom. The predicted molar refractivity (Wildman–Crippen MR) is 110 cm³/mol. The summed E-state index contributed by atoms with van der Waals surface area (Å²) in [5.41, 5.74) is 3.66. The number of aryl methyl sites for hydroxylation is 1. The van der Waals surface area contributed by atoms with Gasteiger partial charge in [-0.05, 0) is 26.1 Å². The molecule has 3 aromatic rings. The van der Waals surface area contributed by atoms with Crippen molar-refractivity contribution in [2.24, 2.45) is 0 Å². The SMILES string of the molecule is Cc1ccc(-c2nn3c(nc2=O)-c2ccccc2NC32CCN(C)CC2)cc1. The predicted octanol–water partition coefficient (Wildman–Crippen LogP) is 3.08. The lowest BCUT2D eigenvalue weighted by Crippen LogP contribution is -2.53. The number of hydrogen-bond acceptors (Lipinski definition) is 5. The molecule has 3 heterocycles. The average molecular weight is 373 g/mol. The number of fused-ring (bicyclic) bond motifs is 4. The van der Waals surface area contributed by atoms with Crippen LogP contribution in [0.15, 0.2) is 53.3 Å². The lowest BCUT2D eigenvalue weighted by atomic mass is 9.93. The zero-order valence-corrected chi connectivity index (χ0v) is 16.1. The highest BCUT2D eigenvalue weighted by atomic mass is 16.1. The number of benzene rings is 2. The number of rotatable bonds is 1. The Kier molecular flexibility index (Phi) is 3.84. The molecule has 0 atom stereocenters. The number of anilines is 1. The lowest BCUT2D eigenvalue weighted by molar-refractivity contribution is 0.137. The minimum absolute atomic E-state index is 0.283. The Morgan fingerprint density at radius 2 is 1.75 bits per heavy atom. The summed E-state index contributed by atoms with van der Waals surface area (Å²) >= 11 is 0. The van der Waals surface area contributed by atoms with Crippen molar-refractivity contribution in [3.63, 3.8) is 0 Å². The molecule has 6 heteroatoms. The Balaban J connectivity index is 1.74. The van der Waals surface area contributed by atoms with Crippen LogP contribution in [0.4, 0.5) is 5.69 Å². The molecule has 1 N–H and O–H groups in total. The molecular weight excluding hydrogens is 350 g/mol. The van der Waals surface area contributed by atoms with Crippen LogP contribution in [0.25, 0.3) is 22.6 Å². The van der Waals surface area contributed by atoms with E-state index in [1.54, 1.807) is 0 Å². The average Bonchev–Trinajstić information content (AvgIpc) is 2.71. The van der Waals surface area contributed by atoms with E-state index in [9.17, 15) is 4.79 Å². The molecule has 2 aliphatic rings. The van der Waals surface area contributed by atoms with E-state index in [0.717, 1.165) is 48.3 Å². The van der Waals surface area contributed by atoms with E-state index in [1.807, 2.05) is 54.1 Å². The maximum absolute atomic E-state index is 12.9. The second kappa shape index (κ2) is 6.27. The monoisotopic (exact) mass is 373 g/mol. The molecule has 1 aromatic heterocycles. The quantitative estimate of drug-likeness (QED) is 0.710. The van der Waals surface area contributed by atoms with E-state index in [2.05, 4.69) is 28.3 Å². The summed E-state index contributed by atoms with van der Waals surface area (Å²) < 4.78 is 1.97. The molecule has 142 valence electrons. The minimum atomic E-state index is -0.365. The normalized spacial score (nSPS) is 17.6. The second-order valence-corrected chi connectivity index (χ2v) is 7.87. The molecule has 1 saturated heterocycles. The van der Waals surface area contributed by atoms with Crippen LogP contribution in [-0.4, -0.2) is 39.8 Å². The zero-order valence-electron chi connectivity index (χ0n) is 16.1. The van der Waals surface area contributed by atoms with Crippen molar-refractivity contribution >= 4 is 5.69 Å². The summed E-state index contributed by atoms with van der Waals surface area (Å²) in [7, 11) is 2.14. The van der Waals surface area contributed by atoms with E-state index in [1.165, 1.54) is 0 Å². The third-order valence-corrected chi connectivity index (χ3v) is 5.89. The van der Waals surface area contributed by atoms with Gasteiger partial charge in [-0.1, -0.05) is 42.0 Å². The number of nitrogens with one attached hydrogen (secondary N) is 1. The van der Waals surface area contributed by atoms with Crippen LogP contribution in [-0.2, 0) is 5.66 Å². The highest BCUT2D eigenvalue weighted by Gasteiger charge is 2.42. The van der Waals surface area contributed by atoms with Crippen LogP contribution in [0.5, 0.6) is 0 Å². The topological polar surface area (TPSA) is 63.1 Å². The fourth-order valence-electron chi connectivity index (χ4n) is 4.17. The van der Waals surface area contributed by atoms with Gasteiger partial charge < -0.3 is 10.2 Å². The van der Waals surface area contributed by atoms with Crippen LogP contribution in [0, 0.1) is 6.92 Å². The van der Waals surface area contributed by atoms with Gasteiger partial charge in [0.25, 0.3) is 5.56 Å².